The molecule has 2 aromatic heterocycles. The highest BCUT2D eigenvalue weighted by molar-refractivity contribution is 5.92. The number of hydrogen-bond donors (Lipinski definition) is 1. The molecule has 162 valence electrons. The average Bonchev–Trinajstić information content (AvgIpc) is 3.22. The van der Waals surface area contributed by atoms with Crippen LogP contribution in [0.5, 0.6) is 0 Å². The molecule has 10 heteroatoms. The van der Waals surface area contributed by atoms with Gasteiger partial charge in [-0.3, -0.25) is 14.2 Å². The Balaban J connectivity index is 1.63. The van der Waals surface area contributed by atoms with Crippen molar-refractivity contribution in [2.45, 2.75) is 25.6 Å². The van der Waals surface area contributed by atoms with Gasteiger partial charge < -0.3 is 15.0 Å². The molecular weight excluding hydrogens is 403 g/mol. The van der Waals surface area contributed by atoms with Crippen molar-refractivity contribution in [3.8, 4) is 0 Å². The van der Waals surface area contributed by atoms with Crippen molar-refractivity contribution in [2.75, 3.05) is 19.0 Å². The summed E-state index contributed by atoms with van der Waals surface area (Å²) in [5.41, 5.74) is 0.214. The highest BCUT2D eigenvalue weighted by Gasteiger charge is 2.18. The number of aldehydes is 1. The molecule has 3 aromatic rings. The highest BCUT2D eigenvalue weighted by atomic mass is 19.1. The van der Waals surface area contributed by atoms with Gasteiger partial charge in [-0.05, 0) is 18.6 Å². The number of carbonyl (C=O) groups excluding carboxylic acids is 2. The van der Waals surface area contributed by atoms with Crippen molar-refractivity contribution in [1.29, 1.82) is 0 Å². The molecule has 1 unspecified atom stereocenters. The van der Waals surface area contributed by atoms with Crippen molar-refractivity contribution < 1.29 is 14.0 Å². The fraction of sp³-hybridized carbons (Fsp3) is 0.286. The van der Waals surface area contributed by atoms with E-state index in [-0.39, 0.29) is 36.7 Å². The number of aromatic nitrogens is 4. The number of pyridine rings is 1. The first-order valence-electron chi connectivity index (χ1n) is 9.65. The second-order valence-electron chi connectivity index (χ2n) is 7.13. The third-order valence-corrected chi connectivity index (χ3v) is 4.66. The molecule has 0 spiro atoms. The summed E-state index contributed by atoms with van der Waals surface area (Å²) in [6.45, 7) is 0.361. The molecule has 31 heavy (non-hydrogen) atoms. The zero-order valence-corrected chi connectivity index (χ0v) is 17.2. The molecule has 1 amide bonds. The van der Waals surface area contributed by atoms with E-state index in [1.807, 2.05) is 14.1 Å². The first-order valence-corrected chi connectivity index (χ1v) is 9.65. The summed E-state index contributed by atoms with van der Waals surface area (Å²) in [5, 5.41) is 6.61. The van der Waals surface area contributed by atoms with Crippen LogP contribution in [0.1, 0.15) is 22.6 Å². The molecule has 0 aliphatic carbocycles. The van der Waals surface area contributed by atoms with Crippen LogP contribution in [0.15, 0.2) is 53.6 Å². The first-order chi connectivity index (χ1) is 14.9. The summed E-state index contributed by atoms with van der Waals surface area (Å²) >= 11 is 0. The quantitative estimate of drug-likeness (QED) is 0.514. The Morgan fingerprint density at radius 3 is 2.71 bits per heavy atom. The fourth-order valence-electron chi connectivity index (χ4n) is 3.08. The van der Waals surface area contributed by atoms with Gasteiger partial charge in [0.25, 0.3) is 11.5 Å². The van der Waals surface area contributed by atoms with Crippen molar-refractivity contribution in [3.63, 3.8) is 0 Å². The Morgan fingerprint density at radius 1 is 1.23 bits per heavy atom. The van der Waals surface area contributed by atoms with E-state index in [0.29, 0.717) is 17.7 Å². The number of nitrogens with one attached hydrogen (secondary N) is 1. The van der Waals surface area contributed by atoms with E-state index in [1.165, 1.54) is 27.7 Å². The van der Waals surface area contributed by atoms with Crippen LogP contribution >= 0.6 is 0 Å². The molecule has 0 aliphatic rings. The van der Waals surface area contributed by atoms with E-state index >= 15 is 0 Å². The van der Waals surface area contributed by atoms with Gasteiger partial charge >= 0.3 is 0 Å². The van der Waals surface area contributed by atoms with Gasteiger partial charge in [-0.1, -0.05) is 24.3 Å². The van der Waals surface area contributed by atoms with E-state index in [9.17, 15) is 18.8 Å². The van der Waals surface area contributed by atoms with Crippen LogP contribution < -0.4 is 15.8 Å². The second kappa shape index (κ2) is 9.79. The normalized spacial score (nSPS) is 11.7. The molecule has 0 bridgehead atoms. The number of hydrogen-bond acceptors (Lipinski definition) is 6. The number of benzene rings is 1. The minimum absolute atomic E-state index is 0.119. The smallest absolute Gasteiger partial charge is 0.291 e. The van der Waals surface area contributed by atoms with Crippen LogP contribution in [0.25, 0.3) is 0 Å². The Morgan fingerprint density at radius 2 is 2.00 bits per heavy atom. The minimum atomic E-state index is -0.826. The Hall–Kier alpha value is -3.82. The van der Waals surface area contributed by atoms with Gasteiger partial charge in [-0.25, -0.2) is 14.1 Å². The molecule has 0 aliphatic heterocycles. The Bertz CT molecular complexity index is 1120. The van der Waals surface area contributed by atoms with Crippen LogP contribution in [0.2, 0.25) is 0 Å². The van der Waals surface area contributed by atoms with Gasteiger partial charge in [0.05, 0.1) is 12.6 Å². The molecule has 9 nitrogen and oxygen atoms in total. The van der Waals surface area contributed by atoms with Gasteiger partial charge in [0.2, 0.25) is 5.82 Å². The van der Waals surface area contributed by atoms with Crippen molar-refractivity contribution >= 4 is 18.0 Å². The van der Waals surface area contributed by atoms with E-state index < -0.39 is 11.9 Å². The molecule has 2 heterocycles. The maximum atomic E-state index is 13.8. The number of rotatable bonds is 9. The summed E-state index contributed by atoms with van der Waals surface area (Å²) in [7, 11) is 3.63. The van der Waals surface area contributed by atoms with Gasteiger partial charge in [-0.15, -0.1) is 5.10 Å². The number of halogens is 1. The van der Waals surface area contributed by atoms with Crippen LogP contribution in [-0.4, -0.2) is 51.7 Å². The van der Waals surface area contributed by atoms with Crippen LogP contribution in [0.3, 0.4) is 0 Å². The highest BCUT2D eigenvalue weighted by Crippen LogP contribution is 2.10. The van der Waals surface area contributed by atoms with E-state index in [1.54, 1.807) is 35.2 Å². The van der Waals surface area contributed by atoms with Gasteiger partial charge in [-0.2, -0.15) is 0 Å². The lowest BCUT2D eigenvalue weighted by Gasteiger charge is -2.20. The molecule has 0 saturated heterocycles. The van der Waals surface area contributed by atoms with Gasteiger partial charge in [0, 0.05) is 32.3 Å². The lowest BCUT2D eigenvalue weighted by atomic mass is 10.2. The zero-order chi connectivity index (χ0) is 22.4. The van der Waals surface area contributed by atoms with Crippen molar-refractivity contribution in [3.05, 3.63) is 76.4 Å². The summed E-state index contributed by atoms with van der Waals surface area (Å²) < 4.78 is 16.7. The molecule has 3 rings (SSSR count). The van der Waals surface area contributed by atoms with Gasteiger partial charge in [0.1, 0.15) is 24.2 Å². The summed E-state index contributed by atoms with van der Waals surface area (Å²) in [4.78, 5) is 41.8. The molecule has 1 aromatic carbocycles. The topological polar surface area (TPSA) is 102 Å². The molecule has 0 fully saturated rings. The second-order valence-corrected chi connectivity index (χ2v) is 7.13. The zero-order valence-electron chi connectivity index (χ0n) is 17.2. The molecular formula is C21H23FN6O3. The lowest BCUT2D eigenvalue weighted by molar-refractivity contribution is -0.109. The summed E-state index contributed by atoms with van der Waals surface area (Å²) in [6.07, 6.45) is 2.15. The van der Waals surface area contributed by atoms with Crippen LogP contribution in [-0.2, 0) is 17.9 Å². The van der Waals surface area contributed by atoms with Crippen molar-refractivity contribution in [2.24, 2.45) is 0 Å². The Labute approximate surface area is 178 Å². The Kier molecular flexibility index (Phi) is 6.91. The minimum Gasteiger partial charge on any atom is -0.364 e. The average molecular weight is 426 g/mol. The van der Waals surface area contributed by atoms with E-state index in [2.05, 4.69) is 15.4 Å². The monoisotopic (exact) mass is 426 g/mol. The SMILES string of the molecule is CN(C)c1cccc(=O)n1CCC(C=O)NC(=O)c1ncn(Cc2ccccc2F)n1. The van der Waals surface area contributed by atoms with E-state index in [0.717, 1.165) is 0 Å². The number of carbonyl (C=O) groups is 2. The molecule has 1 atom stereocenters. The van der Waals surface area contributed by atoms with Crippen molar-refractivity contribution in [1.82, 2.24) is 24.6 Å². The fourth-order valence-corrected chi connectivity index (χ4v) is 3.08. The third-order valence-electron chi connectivity index (χ3n) is 4.66. The number of anilines is 1. The maximum Gasteiger partial charge on any atom is 0.291 e. The van der Waals surface area contributed by atoms with Gasteiger partial charge in [0.15, 0.2) is 0 Å². The standard InChI is InChI=1S/C21H23FN6O3/c1-26(2)18-8-5-9-19(30)28(18)11-10-16(13-29)24-21(31)20-23-14-27(25-20)12-15-6-3-4-7-17(15)22/h3-9,13-14,16H,10-12H2,1-2H3,(H,24,31). The number of amides is 1. The summed E-state index contributed by atoms with van der Waals surface area (Å²) in [6, 6.07) is 10.3. The first kappa shape index (κ1) is 21.9. The molecule has 0 radical (unpaired) electrons. The number of nitrogens with zero attached hydrogens (tertiary/aromatic N) is 5. The third kappa shape index (κ3) is 5.41. The largest absolute Gasteiger partial charge is 0.364 e. The molecule has 0 saturated carbocycles. The predicted octanol–water partition coefficient (Wildman–Crippen LogP) is 1.08. The van der Waals surface area contributed by atoms with E-state index in [4.69, 9.17) is 0 Å². The molecule has 1 N–H and O–H groups in total. The van der Waals surface area contributed by atoms with Crippen LogP contribution in [0, 0.1) is 5.82 Å². The summed E-state index contributed by atoms with van der Waals surface area (Å²) in [5.74, 6) is -0.443. The maximum absolute atomic E-state index is 13.8. The lowest BCUT2D eigenvalue weighted by Crippen LogP contribution is -2.38. The predicted molar refractivity (Wildman–Crippen MR) is 112 cm³/mol. The van der Waals surface area contributed by atoms with Crippen LogP contribution in [0.4, 0.5) is 10.2 Å².